The smallest absolute Gasteiger partial charge is 0.352 e. The first-order valence-corrected chi connectivity index (χ1v) is 11.9. The van der Waals surface area contributed by atoms with Gasteiger partial charge in [0.15, 0.2) is 30.8 Å². The van der Waals surface area contributed by atoms with Crippen molar-refractivity contribution in [1.29, 1.82) is 0 Å². The minimum Gasteiger partial charge on any atom is -0.480 e. The van der Waals surface area contributed by atoms with E-state index in [1.807, 2.05) is 0 Å². The third kappa shape index (κ3) is 5.06. The molecule has 2 aromatic heterocycles. The number of hydrogen-bond acceptors (Lipinski definition) is 11. The standard InChI is InChI=1S/C21H22N8O8S/c1-37-23-7-13(32)29(21-24-17(25-26-21)15(22)19(33)34)18-11(8-27-4-2-10(9-30)3-5-27)16(20(35)36)28-12(31)6-14(28)38-18/h2-5,7,14-15,18,30H,6,8-9,22H2,1H3,(H2-,24,25,26,33,34,35,36)/p+1/t14-,15?,18?/m0/s1. The first kappa shape index (κ1) is 26.7. The van der Waals surface area contributed by atoms with Gasteiger partial charge in [-0.25, -0.2) is 9.36 Å². The lowest BCUT2D eigenvalue weighted by Gasteiger charge is -2.47. The van der Waals surface area contributed by atoms with Gasteiger partial charge in [0.25, 0.3) is 11.9 Å². The Balaban J connectivity index is 1.85. The van der Waals surface area contributed by atoms with Gasteiger partial charge in [-0.2, -0.15) is 4.98 Å². The minimum absolute atomic E-state index is 0.0425. The van der Waals surface area contributed by atoms with E-state index in [0.717, 1.165) is 27.8 Å². The van der Waals surface area contributed by atoms with Gasteiger partial charge in [-0.1, -0.05) is 5.16 Å². The zero-order valence-electron chi connectivity index (χ0n) is 19.8. The highest BCUT2D eigenvalue weighted by atomic mass is 32.2. The lowest BCUT2D eigenvalue weighted by molar-refractivity contribution is -0.689. The van der Waals surface area contributed by atoms with E-state index in [1.165, 1.54) is 7.11 Å². The van der Waals surface area contributed by atoms with Crippen LogP contribution in [-0.4, -0.2) is 83.2 Å². The molecule has 0 radical (unpaired) electrons. The molecular formula is C21H23N8O8S+. The number of oxime groups is 1. The number of pyridine rings is 1. The lowest BCUT2D eigenvalue weighted by Crippen LogP contribution is -2.59. The summed E-state index contributed by atoms with van der Waals surface area (Å²) < 4.78 is 1.62. The normalized spacial score (nSPS) is 19.7. The van der Waals surface area contributed by atoms with Crippen molar-refractivity contribution in [2.45, 2.75) is 36.4 Å². The number of anilines is 1. The van der Waals surface area contributed by atoms with E-state index in [2.05, 4.69) is 25.2 Å². The second-order valence-corrected chi connectivity index (χ2v) is 9.35. The van der Waals surface area contributed by atoms with Crippen LogP contribution in [0.4, 0.5) is 5.95 Å². The van der Waals surface area contributed by atoms with Crippen LogP contribution in [0.3, 0.4) is 0 Å². The molecular weight excluding hydrogens is 524 g/mol. The molecule has 0 bridgehead atoms. The van der Waals surface area contributed by atoms with Crippen molar-refractivity contribution in [3.8, 4) is 0 Å². The fourth-order valence-electron chi connectivity index (χ4n) is 3.88. The second-order valence-electron chi connectivity index (χ2n) is 8.09. The number of amides is 2. The number of aliphatic carboxylic acids is 2. The molecule has 4 rings (SSSR count). The van der Waals surface area contributed by atoms with Crippen LogP contribution in [0.15, 0.2) is 41.0 Å². The summed E-state index contributed by atoms with van der Waals surface area (Å²) in [6, 6.07) is 1.70. The molecule has 38 heavy (non-hydrogen) atoms. The molecule has 6 N–H and O–H groups in total. The number of thioether (sulfide) groups is 1. The van der Waals surface area contributed by atoms with Crippen molar-refractivity contribution in [3.05, 3.63) is 47.2 Å². The first-order valence-electron chi connectivity index (χ1n) is 11.0. The van der Waals surface area contributed by atoms with Gasteiger partial charge in [-0.05, 0) is 5.56 Å². The number of H-pyrrole nitrogens is 1. The largest absolute Gasteiger partial charge is 0.480 e. The molecule has 200 valence electrons. The molecule has 0 saturated carbocycles. The highest BCUT2D eigenvalue weighted by molar-refractivity contribution is 8.01. The van der Waals surface area contributed by atoms with Crippen LogP contribution in [0.2, 0.25) is 0 Å². The number of carbonyl (C=O) groups excluding carboxylic acids is 2. The van der Waals surface area contributed by atoms with Gasteiger partial charge < -0.3 is 25.9 Å². The van der Waals surface area contributed by atoms with E-state index in [-0.39, 0.29) is 48.5 Å². The predicted octanol–water partition coefficient (Wildman–Crippen LogP) is -1.70. The number of β-lactam (4-membered cyclic amide) rings is 1. The molecule has 2 unspecified atom stereocenters. The quantitative estimate of drug-likeness (QED) is 0.0970. The number of fused-ring (bicyclic) bond motifs is 1. The number of nitrogens with two attached hydrogens (primary N) is 1. The predicted molar refractivity (Wildman–Crippen MR) is 128 cm³/mol. The summed E-state index contributed by atoms with van der Waals surface area (Å²) in [4.78, 5) is 60.3. The van der Waals surface area contributed by atoms with Crippen LogP contribution in [-0.2, 0) is 37.2 Å². The van der Waals surface area contributed by atoms with Crippen LogP contribution in [0.5, 0.6) is 0 Å². The molecule has 16 nitrogen and oxygen atoms in total. The number of nitrogens with one attached hydrogen (secondary N) is 1. The fraction of sp³-hybridized carbons (Fsp3) is 0.333. The first-order chi connectivity index (χ1) is 18.2. The summed E-state index contributed by atoms with van der Waals surface area (Å²) >= 11 is 1.12. The number of nitrogens with zero attached hydrogens (tertiary/aromatic N) is 6. The molecule has 0 aromatic carbocycles. The Labute approximate surface area is 218 Å². The Morgan fingerprint density at radius 1 is 1.39 bits per heavy atom. The van der Waals surface area contributed by atoms with Crippen LogP contribution in [0.25, 0.3) is 0 Å². The van der Waals surface area contributed by atoms with E-state index in [1.54, 1.807) is 29.1 Å². The van der Waals surface area contributed by atoms with Gasteiger partial charge in [0.05, 0.1) is 24.0 Å². The van der Waals surface area contributed by atoms with Crippen LogP contribution < -0.4 is 15.2 Å². The van der Waals surface area contributed by atoms with E-state index in [9.17, 15) is 34.5 Å². The Morgan fingerprint density at radius 3 is 2.68 bits per heavy atom. The number of carboxylic acid groups (broad SMARTS) is 2. The number of aliphatic hydroxyl groups excluding tert-OH is 1. The number of aromatic nitrogens is 4. The highest BCUT2D eigenvalue weighted by Crippen LogP contribution is 2.46. The Kier molecular flexibility index (Phi) is 7.70. The van der Waals surface area contributed by atoms with Crippen molar-refractivity contribution in [2.75, 3.05) is 12.0 Å². The Hall–Kier alpha value is -4.35. The molecule has 2 amide bonds. The van der Waals surface area contributed by atoms with Gasteiger partial charge in [-0.15, -0.1) is 16.9 Å². The van der Waals surface area contributed by atoms with E-state index in [0.29, 0.717) is 5.56 Å². The van der Waals surface area contributed by atoms with Crippen molar-refractivity contribution < 1.29 is 43.9 Å². The molecule has 2 aliphatic rings. The summed E-state index contributed by atoms with van der Waals surface area (Å²) in [6.07, 6.45) is 4.09. The molecule has 4 heterocycles. The summed E-state index contributed by atoms with van der Waals surface area (Å²) in [7, 11) is 1.22. The average molecular weight is 548 g/mol. The maximum Gasteiger partial charge on any atom is 0.352 e. The molecule has 2 aliphatic heterocycles. The summed E-state index contributed by atoms with van der Waals surface area (Å²) in [5, 5.41) is 36.9. The molecule has 1 saturated heterocycles. The number of hydrogen-bond donors (Lipinski definition) is 5. The second kappa shape index (κ2) is 11.0. The third-order valence-electron chi connectivity index (χ3n) is 5.74. The zero-order chi connectivity index (χ0) is 27.6. The lowest BCUT2D eigenvalue weighted by atomic mass is 10.1. The zero-order valence-corrected chi connectivity index (χ0v) is 20.6. The van der Waals surface area contributed by atoms with E-state index in [4.69, 9.17) is 5.73 Å². The van der Waals surface area contributed by atoms with Crippen LogP contribution >= 0.6 is 11.8 Å². The minimum atomic E-state index is -1.57. The van der Waals surface area contributed by atoms with Gasteiger partial charge in [0.1, 0.15) is 24.4 Å². The Morgan fingerprint density at radius 2 is 2.11 bits per heavy atom. The SMILES string of the molecule is CON=CC(=O)N(c1n[nH]c(C(N)C(=O)O)n1)C1S[C@H]2CC(=O)N2C(C(=O)O)=C1C[n+]1ccc(CO)cc1. The van der Waals surface area contributed by atoms with Crippen LogP contribution in [0, 0.1) is 0 Å². The monoisotopic (exact) mass is 547 g/mol. The molecule has 0 aliphatic carbocycles. The number of carboxylic acids is 2. The van der Waals surface area contributed by atoms with Gasteiger partial charge in [0.2, 0.25) is 5.91 Å². The van der Waals surface area contributed by atoms with Gasteiger partial charge >= 0.3 is 11.9 Å². The average Bonchev–Trinajstić information content (AvgIpc) is 3.37. The molecule has 3 atom stereocenters. The third-order valence-corrected chi connectivity index (χ3v) is 7.19. The maximum atomic E-state index is 13.3. The van der Waals surface area contributed by atoms with Crippen molar-refractivity contribution in [3.63, 3.8) is 0 Å². The number of aromatic amines is 1. The van der Waals surface area contributed by atoms with E-state index >= 15 is 0 Å². The number of rotatable bonds is 10. The van der Waals surface area contributed by atoms with Gasteiger partial charge in [-0.3, -0.25) is 29.3 Å². The van der Waals surface area contributed by atoms with E-state index < -0.39 is 34.6 Å². The van der Waals surface area contributed by atoms with Crippen molar-refractivity contribution in [2.24, 2.45) is 10.9 Å². The molecule has 17 heteroatoms. The summed E-state index contributed by atoms with van der Waals surface area (Å²) in [5.41, 5.74) is 6.10. The maximum absolute atomic E-state index is 13.3. The van der Waals surface area contributed by atoms with Gasteiger partial charge in [0, 0.05) is 12.1 Å². The van der Waals surface area contributed by atoms with Crippen molar-refractivity contribution in [1.82, 2.24) is 20.1 Å². The topological polar surface area (TPSA) is 229 Å². The molecule has 2 aromatic rings. The molecule has 0 spiro atoms. The number of aliphatic hydroxyl groups is 1. The summed E-state index contributed by atoms with van der Waals surface area (Å²) in [6.45, 7) is -0.266. The summed E-state index contributed by atoms with van der Waals surface area (Å²) in [5.74, 6) is -4.49. The van der Waals surface area contributed by atoms with Crippen molar-refractivity contribution >= 4 is 47.7 Å². The number of carbonyl (C=O) groups is 4. The highest BCUT2D eigenvalue weighted by Gasteiger charge is 2.52. The Bertz CT molecular complexity index is 1330. The molecule has 1 fully saturated rings. The fourth-order valence-corrected chi connectivity index (χ4v) is 5.43. The van der Waals surface area contributed by atoms with Crippen LogP contribution in [0.1, 0.15) is 23.9 Å².